The molecule has 0 aliphatic heterocycles. The molecule has 15 heavy (non-hydrogen) atoms. The molecule has 0 fully saturated rings. The number of rotatable bonds is 6. The Balaban J connectivity index is 2.56. The van der Waals surface area contributed by atoms with Crippen LogP contribution in [0, 0.1) is 0 Å². The molecule has 0 saturated heterocycles. The number of nitrogen functional groups attached to an aromatic ring is 1. The molecule has 0 atom stereocenters. The Bertz CT molecular complexity index is 300. The Morgan fingerprint density at radius 3 is 2.87 bits per heavy atom. The van der Waals surface area contributed by atoms with Crippen molar-refractivity contribution in [3.05, 3.63) is 29.3 Å². The van der Waals surface area contributed by atoms with Crippen molar-refractivity contribution in [1.82, 2.24) is 5.32 Å². The van der Waals surface area contributed by atoms with Gasteiger partial charge in [-0.2, -0.15) is 0 Å². The highest BCUT2D eigenvalue weighted by molar-refractivity contribution is 5.50. The molecule has 0 aliphatic rings. The molecule has 0 heterocycles. The molecule has 0 amide bonds. The Morgan fingerprint density at radius 1 is 1.40 bits per heavy atom. The summed E-state index contributed by atoms with van der Waals surface area (Å²) in [5.74, 6) is 0. The van der Waals surface area contributed by atoms with Gasteiger partial charge in [0.2, 0.25) is 0 Å². The second kappa shape index (κ2) is 6.43. The van der Waals surface area contributed by atoms with Crippen LogP contribution < -0.4 is 11.1 Å². The lowest BCUT2D eigenvalue weighted by Gasteiger charge is -2.11. The average Bonchev–Trinajstić information content (AvgIpc) is 2.24. The maximum absolute atomic E-state index is 5.91. The van der Waals surface area contributed by atoms with Crippen molar-refractivity contribution < 1.29 is 4.74 Å². The molecule has 0 aromatic heterocycles. The molecule has 0 aliphatic carbocycles. The van der Waals surface area contributed by atoms with E-state index in [2.05, 4.69) is 18.3 Å². The number of anilines is 1. The topological polar surface area (TPSA) is 47.3 Å². The largest absolute Gasteiger partial charge is 0.398 e. The number of methoxy groups -OCH3 is 1. The molecule has 0 radical (unpaired) electrons. The van der Waals surface area contributed by atoms with E-state index in [0.717, 1.165) is 31.8 Å². The highest BCUT2D eigenvalue weighted by Gasteiger charge is 2.02. The van der Waals surface area contributed by atoms with Gasteiger partial charge in [-0.15, -0.1) is 0 Å². The second-order valence-electron chi connectivity index (χ2n) is 3.51. The lowest BCUT2D eigenvalue weighted by Crippen LogP contribution is -2.19. The van der Waals surface area contributed by atoms with Crippen LogP contribution >= 0.6 is 0 Å². The van der Waals surface area contributed by atoms with Gasteiger partial charge in [-0.3, -0.25) is 0 Å². The number of nitrogens with one attached hydrogen (secondary N) is 1. The standard InChI is InChI=1S/C12H20N2O/c1-3-11-10(5-4-6-12(11)13)9-14-7-8-15-2/h4-6,14H,3,7-9,13H2,1-2H3. The summed E-state index contributed by atoms with van der Waals surface area (Å²) in [4.78, 5) is 0. The van der Waals surface area contributed by atoms with Crippen LogP contribution in [-0.4, -0.2) is 20.3 Å². The van der Waals surface area contributed by atoms with E-state index in [1.807, 2.05) is 12.1 Å². The smallest absolute Gasteiger partial charge is 0.0587 e. The summed E-state index contributed by atoms with van der Waals surface area (Å²) in [6, 6.07) is 6.08. The van der Waals surface area contributed by atoms with E-state index in [-0.39, 0.29) is 0 Å². The highest BCUT2D eigenvalue weighted by atomic mass is 16.5. The first-order valence-electron chi connectivity index (χ1n) is 5.35. The minimum absolute atomic E-state index is 0.740. The van der Waals surface area contributed by atoms with Crippen LogP contribution in [-0.2, 0) is 17.7 Å². The van der Waals surface area contributed by atoms with E-state index in [4.69, 9.17) is 10.5 Å². The molecule has 0 bridgehead atoms. The predicted octanol–water partition coefficient (Wildman–Crippen LogP) is 1.57. The molecule has 84 valence electrons. The van der Waals surface area contributed by atoms with Crippen LogP contribution in [0.4, 0.5) is 5.69 Å². The minimum atomic E-state index is 0.740. The van der Waals surface area contributed by atoms with Crippen LogP contribution in [0.2, 0.25) is 0 Å². The molecule has 0 saturated carbocycles. The fourth-order valence-electron chi connectivity index (χ4n) is 1.65. The maximum atomic E-state index is 5.91. The molecular weight excluding hydrogens is 188 g/mol. The van der Waals surface area contributed by atoms with Crippen molar-refractivity contribution in [2.75, 3.05) is 26.0 Å². The zero-order valence-corrected chi connectivity index (χ0v) is 9.55. The quantitative estimate of drug-likeness (QED) is 0.551. The molecule has 3 heteroatoms. The molecular formula is C12H20N2O. The average molecular weight is 208 g/mol. The van der Waals surface area contributed by atoms with Crippen LogP contribution in [0.1, 0.15) is 18.1 Å². The van der Waals surface area contributed by atoms with E-state index < -0.39 is 0 Å². The lowest BCUT2D eigenvalue weighted by atomic mass is 10.0. The summed E-state index contributed by atoms with van der Waals surface area (Å²) in [5, 5.41) is 3.32. The van der Waals surface area contributed by atoms with Gasteiger partial charge in [0.1, 0.15) is 0 Å². The lowest BCUT2D eigenvalue weighted by molar-refractivity contribution is 0.199. The number of hydrogen-bond donors (Lipinski definition) is 2. The van der Waals surface area contributed by atoms with Crippen molar-refractivity contribution >= 4 is 5.69 Å². The van der Waals surface area contributed by atoms with E-state index in [1.54, 1.807) is 7.11 Å². The molecule has 0 unspecified atom stereocenters. The number of nitrogens with two attached hydrogens (primary N) is 1. The van der Waals surface area contributed by atoms with Gasteiger partial charge in [0.25, 0.3) is 0 Å². The van der Waals surface area contributed by atoms with Crippen LogP contribution in [0.15, 0.2) is 18.2 Å². The van der Waals surface area contributed by atoms with Crippen molar-refractivity contribution in [2.45, 2.75) is 19.9 Å². The van der Waals surface area contributed by atoms with E-state index >= 15 is 0 Å². The zero-order chi connectivity index (χ0) is 11.1. The maximum Gasteiger partial charge on any atom is 0.0587 e. The van der Waals surface area contributed by atoms with Gasteiger partial charge in [0.15, 0.2) is 0 Å². The van der Waals surface area contributed by atoms with E-state index in [0.29, 0.717) is 0 Å². The van der Waals surface area contributed by atoms with E-state index in [1.165, 1.54) is 11.1 Å². The van der Waals surface area contributed by atoms with Crippen molar-refractivity contribution in [1.29, 1.82) is 0 Å². The van der Waals surface area contributed by atoms with Crippen molar-refractivity contribution in [3.8, 4) is 0 Å². The zero-order valence-electron chi connectivity index (χ0n) is 9.55. The molecule has 3 nitrogen and oxygen atoms in total. The number of hydrogen-bond acceptors (Lipinski definition) is 3. The third-order valence-electron chi connectivity index (χ3n) is 2.46. The third kappa shape index (κ3) is 3.53. The van der Waals surface area contributed by atoms with Gasteiger partial charge in [-0.25, -0.2) is 0 Å². The summed E-state index contributed by atoms with van der Waals surface area (Å²) in [6.45, 7) is 4.60. The Labute approximate surface area is 91.6 Å². The third-order valence-corrected chi connectivity index (χ3v) is 2.46. The van der Waals surface area contributed by atoms with Crippen LogP contribution in [0.5, 0.6) is 0 Å². The SMILES string of the molecule is CCc1c(N)cccc1CNCCOC. The first-order valence-corrected chi connectivity index (χ1v) is 5.35. The van der Waals surface area contributed by atoms with Gasteiger partial charge in [-0.05, 0) is 23.6 Å². The van der Waals surface area contributed by atoms with Crippen molar-refractivity contribution in [2.24, 2.45) is 0 Å². The van der Waals surface area contributed by atoms with Gasteiger partial charge in [0, 0.05) is 25.9 Å². The molecule has 1 aromatic rings. The van der Waals surface area contributed by atoms with Gasteiger partial charge in [-0.1, -0.05) is 19.1 Å². The van der Waals surface area contributed by atoms with Gasteiger partial charge < -0.3 is 15.8 Å². The minimum Gasteiger partial charge on any atom is -0.398 e. The molecule has 1 aromatic carbocycles. The summed E-state index contributed by atoms with van der Waals surface area (Å²) < 4.78 is 4.97. The van der Waals surface area contributed by atoms with Crippen LogP contribution in [0.25, 0.3) is 0 Å². The van der Waals surface area contributed by atoms with Gasteiger partial charge in [0.05, 0.1) is 6.61 Å². The highest BCUT2D eigenvalue weighted by Crippen LogP contribution is 2.17. The fraction of sp³-hybridized carbons (Fsp3) is 0.500. The van der Waals surface area contributed by atoms with Crippen molar-refractivity contribution in [3.63, 3.8) is 0 Å². The molecule has 1 rings (SSSR count). The first-order chi connectivity index (χ1) is 7.29. The first kappa shape index (κ1) is 12.0. The monoisotopic (exact) mass is 208 g/mol. The normalized spacial score (nSPS) is 10.5. The van der Waals surface area contributed by atoms with Crippen LogP contribution in [0.3, 0.4) is 0 Å². The molecule has 0 spiro atoms. The Morgan fingerprint density at radius 2 is 2.20 bits per heavy atom. The Hall–Kier alpha value is -1.06. The summed E-state index contributed by atoms with van der Waals surface area (Å²) in [6.07, 6.45) is 0.980. The predicted molar refractivity (Wildman–Crippen MR) is 63.8 cm³/mol. The van der Waals surface area contributed by atoms with Gasteiger partial charge >= 0.3 is 0 Å². The number of ether oxygens (including phenoxy) is 1. The summed E-state index contributed by atoms with van der Waals surface area (Å²) in [5.41, 5.74) is 9.34. The summed E-state index contributed by atoms with van der Waals surface area (Å²) >= 11 is 0. The second-order valence-corrected chi connectivity index (χ2v) is 3.51. The molecule has 3 N–H and O–H groups in total. The fourth-order valence-corrected chi connectivity index (χ4v) is 1.65. The Kier molecular flexibility index (Phi) is 5.15. The summed E-state index contributed by atoms with van der Waals surface area (Å²) in [7, 11) is 1.71. The number of benzene rings is 1. The van der Waals surface area contributed by atoms with E-state index in [9.17, 15) is 0 Å².